The second-order valence-electron chi connectivity index (χ2n) is 3.64. The number of benzene rings is 1. The minimum atomic E-state index is -4.74. The number of hydrogen-bond acceptors (Lipinski definition) is 2. The maximum absolute atomic E-state index is 12.8. The Balaban J connectivity index is 2.59. The third kappa shape index (κ3) is 2.78. The first-order chi connectivity index (χ1) is 8.79. The largest absolute Gasteiger partial charge is 0.478 e. The van der Waals surface area contributed by atoms with Gasteiger partial charge in [-0.1, -0.05) is 0 Å². The van der Waals surface area contributed by atoms with Crippen LogP contribution in [0.4, 0.5) is 13.2 Å². The quantitative estimate of drug-likeness (QED) is 0.916. The van der Waals surface area contributed by atoms with Crippen LogP contribution in [0.1, 0.15) is 15.9 Å². The lowest BCUT2D eigenvalue weighted by Crippen LogP contribution is -2.13. The van der Waals surface area contributed by atoms with E-state index in [2.05, 4.69) is 21.0 Å². The summed E-state index contributed by atoms with van der Waals surface area (Å²) in [7, 11) is 0. The van der Waals surface area contributed by atoms with Crippen LogP contribution < -0.4 is 0 Å². The van der Waals surface area contributed by atoms with E-state index in [-0.39, 0.29) is 5.69 Å². The van der Waals surface area contributed by atoms with E-state index in [1.54, 1.807) is 0 Å². The van der Waals surface area contributed by atoms with Crippen LogP contribution in [0.3, 0.4) is 0 Å². The van der Waals surface area contributed by atoms with Crippen molar-refractivity contribution in [2.75, 3.05) is 0 Å². The van der Waals surface area contributed by atoms with Crippen LogP contribution >= 0.6 is 15.9 Å². The summed E-state index contributed by atoms with van der Waals surface area (Å²) in [6, 6.07) is 2.93. The molecule has 100 valence electrons. The molecule has 1 aromatic heterocycles. The molecule has 1 N–H and O–H groups in total. The van der Waals surface area contributed by atoms with Gasteiger partial charge in [0.05, 0.1) is 27.5 Å². The zero-order valence-electron chi connectivity index (χ0n) is 9.15. The van der Waals surface area contributed by atoms with E-state index in [0.29, 0.717) is 4.47 Å². The standard InChI is InChI=1S/C11H6BrF3N2O2/c12-6-4-16-17(5-6)7-1-2-8(10(18)19)9(3-7)11(13,14)15/h1-5H,(H,18,19). The number of carboxylic acid groups (broad SMARTS) is 1. The first kappa shape index (κ1) is 13.6. The molecule has 0 fully saturated rings. The predicted octanol–water partition coefficient (Wildman–Crippen LogP) is 3.35. The molecular formula is C11H6BrF3N2O2. The van der Waals surface area contributed by atoms with Crippen molar-refractivity contribution >= 4 is 21.9 Å². The molecule has 0 radical (unpaired) electrons. The van der Waals surface area contributed by atoms with Crippen LogP contribution in [-0.2, 0) is 6.18 Å². The molecule has 4 nitrogen and oxygen atoms in total. The van der Waals surface area contributed by atoms with Crippen LogP contribution in [0.5, 0.6) is 0 Å². The molecule has 0 amide bonds. The molecule has 0 bridgehead atoms. The minimum absolute atomic E-state index is 0.128. The van der Waals surface area contributed by atoms with Gasteiger partial charge in [-0.05, 0) is 34.1 Å². The Morgan fingerprint density at radius 1 is 1.37 bits per heavy atom. The lowest BCUT2D eigenvalue weighted by atomic mass is 10.1. The average molecular weight is 335 g/mol. The summed E-state index contributed by atoms with van der Waals surface area (Å²) in [4.78, 5) is 10.8. The van der Waals surface area contributed by atoms with Gasteiger partial charge in [-0.2, -0.15) is 18.3 Å². The molecule has 1 heterocycles. The summed E-state index contributed by atoms with van der Waals surface area (Å²) in [5.74, 6) is -1.62. The van der Waals surface area contributed by atoms with Crippen molar-refractivity contribution < 1.29 is 23.1 Å². The van der Waals surface area contributed by atoms with Crippen molar-refractivity contribution in [3.8, 4) is 5.69 Å². The maximum Gasteiger partial charge on any atom is 0.417 e. The monoisotopic (exact) mass is 334 g/mol. The van der Waals surface area contributed by atoms with Crippen LogP contribution in [-0.4, -0.2) is 20.9 Å². The number of carbonyl (C=O) groups is 1. The summed E-state index contributed by atoms with van der Waals surface area (Å²) in [6.07, 6.45) is -1.86. The van der Waals surface area contributed by atoms with Gasteiger partial charge in [0.2, 0.25) is 0 Å². The number of aromatic nitrogens is 2. The normalized spacial score (nSPS) is 11.6. The molecule has 0 spiro atoms. The minimum Gasteiger partial charge on any atom is -0.478 e. The van der Waals surface area contributed by atoms with Crippen molar-refractivity contribution in [3.05, 3.63) is 46.2 Å². The van der Waals surface area contributed by atoms with E-state index in [1.807, 2.05) is 0 Å². The molecule has 0 atom stereocenters. The van der Waals surface area contributed by atoms with Crippen LogP contribution in [0.25, 0.3) is 5.69 Å². The first-order valence-corrected chi connectivity index (χ1v) is 5.73. The Kier molecular flexibility index (Phi) is 3.36. The zero-order valence-corrected chi connectivity index (χ0v) is 10.7. The van der Waals surface area contributed by atoms with Crippen molar-refractivity contribution in [1.82, 2.24) is 9.78 Å². The molecule has 2 rings (SSSR count). The van der Waals surface area contributed by atoms with Gasteiger partial charge in [-0.3, -0.25) is 0 Å². The zero-order chi connectivity index (χ0) is 14.2. The molecule has 1 aromatic carbocycles. The molecular weight excluding hydrogens is 329 g/mol. The SMILES string of the molecule is O=C(O)c1ccc(-n2cc(Br)cn2)cc1C(F)(F)F. The Labute approximate surface area is 113 Å². The van der Waals surface area contributed by atoms with E-state index < -0.39 is 23.3 Å². The van der Waals surface area contributed by atoms with Crippen LogP contribution in [0, 0.1) is 0 Å². The van der Waals surface area contributed by atoms with Gasteiger partial charge in [-0.15, -0.1) is 0 Å². The number of halogens is 4. The Morgan fingerprint density at radius 2 is 2.05 bits per heavy atom. The fourth-order valence-corrected chi connectivity index (χ4v) is 1.82. The highest BCUT2D eigenvalue weighted by molar-refractivity contribution is 9.10. The summed E-state index contributed by atoms with van der Waals surface area (Å²) in [6.45, 7) is 0. The molecule has 8 heteroatoms. The Bertz CT molecular complexity index is 637. The predicted molar refractivity (Wildman–Crippen MR) is 63.2 cm³/mol. The third-order valence-electron chi connectivity index (χ3n) is 2.35. The summed E-state index contributed by atoms with van der Waals surface area (Å²) in [5, 5.41) is 12.6. The first-order valence-electron chi connectivity index (χ1n) is 4.94. The molecule has 0 saturated heterocycles. The van der Waals surface area contributed by atoms with Gasteiger partial charge >= 0.3 is 12.1 Å². The smallest absolute Gasteiger partial charge is 0.417 e. The lowest BCUT2D eigenvalue weighted by molar-refractivity contribution is -0.138. The van der Waals surface area contributed by atoms with Gasteiger partial charge in [0.25, 0.3) is 0 Å². The molecule has 0 unspecified atom stereocenters. The van der Waals surface area contributed by atoms with E-state index in [9.17, 15) is 18.0 Å². The van der Waals surface area contributed by atoms with E-state index >= 15 is 0 Å². The molecule has 2 aromatic rings. The summed E-state index contributed by atoms with van der Waals surface area (Å²) in [5.41, 5.74) is -1.87. The van der Waals surface area contributed by atoms with Crippen molar-refractivity contribution in [2.45, 2.75) is 6.18 Å². The van der Waals surface area contributed by atoms with Gasteiger partial charge in [-0.25, -0.2) is 9.48 Å². The lowest BCUT2D eigenvalue weighted by Gasteiger charge is -2.12. The highest BCUT2D eigenvalue weighted by Gasteiger charge is 2.35. The number of nitrogens with zero attached hydrogens (tertiary/aromatic N) is 2. The fourth-order valence-electron chi connectivity index (χ4n) is 1.54. The third-order valence-corrected chi connectivity index (χ3v) is 2.76. The van der Waals surface area contributed by atoms with E-state index in [1.165, 1.54) is 23.1 Å². The average Bonchev–Trinajstić information content (AvgIpc) is 2.74. The van der Waals surface area contributed by atoms with Crippen molar-refractivity contribution in [1.29, 1.82) is 0 Å². The molecule has 0 aliphatic heterocycles. The second kappa shape index (κ2) is 4.69. The number of hydrogen-bond donors (Lipinski definition) is 1. The number of carboxylic acids is 1. The van der Waals surface area contributed by atoms with E-state index in [0.717, 1.165) is 12.1 Å². The van der Waals surface area contributed by atoms with Crippen LogP contribution in [0.2, 0.25) is 0 Å². The Morgan fingerprint density at radius 3 is 2.53 bits per heavy atom. The number of aromatic carboxylic acids is 1. The van der Waals surface area contributed by atoms with Gasteiger partial charge in [0, 0.05) is 6.20 Å². The van der Waals surface area contributed by atoms with Gasteiger partial charge in [0.15, 0.2) is 0 Å². The van der Waals surface area contributed by atoms with Crippen molar-refractivity contribution in [2.24, 2.45) is 0 Å². The van der Waals surface area contributed by atoms with Gasteiger partial charge in [0.1, 0.15) is 0 Å². The highest BCUT2D eigenvalue weighted by atomic mass is 79.9. The summed E-state index contributed by atoms with van der Waals surface area (Å²) >= 11 is 3.13. The second-order valence-corrected chi connectivity index (χ2v) is 4.55. The topological polar surface area (TPSA) is 55.1 Å². The Hall–Kier alpha value is -1.83. The van der Waals surface area contributed by atoms with Gasteiger partial charge < -0.3 is 5.11 Å². The van der Waals surface area contributed by atoms with Crippen LogP contribution in [0.15, 0.2) is 35.1 Å². The molecule has 0 saturated carbocycles. The molecule has 0 aliphatic carbocycles. The molecule has 0 aliphatic rings. The molecule has 19 heavy (non-hydrogen) atoms. The van der Waals surface area contributed by atoms with E-state index in [4.69, 9.17) is 5.11 Å². The highest BCUT2D eigenvalue weighted by Crippen LogP contribution is 2.33. The number of rotatable bonds is 2. The fraction of sp³-hybridized carbons (Fsp3) is 0.0909. The number of alkyl halides is 3. The summed E-state index contributed by atoms with van der Waals surface area (Å²) < 4.78 is 40.2. The maximum atomic E-state index is 12.8. The van der Waals surface area contributed by atoms with Crippen molar-refractivity contribution in [3.63, 3.8) is 0 Å².